The van der Waals surface area contributed by atoms with E-state index in [-0.39, 0.29) is 0 Å². The number of nitrogens with one attached hydrogen (secondary N) is 1. The number of aryl methyl sites for hydroxylation is 1. The Hall–Kier alpha value is -1.60. The molecule has 1 N–H and O–H groups in total. The first-order chi connectivity index (χ1) is 13.7. The number of hydrogen-bond donors (Lipinski definition) is 1. The fourth-order valence-corrected chi connectivity index (χ4v) is 3.66. The van der Waals surface area contributed by atoms with Crippen molar-refractivity contribution in [2.75, 3.05) is 46.5 Å². The molecule has 6 heteroatoms. The number of ether oxygens (including phenoxy) is 3. The van der Waals surface area contributed by atoms with Crippen LogP contribution in [0.25, 0.3) is 0 Å². The average Bonchev–Trinajstić information content (AvgIpc) is 2.72. The Labute approximate surface area is 176 Å². The first-order valence-corrected chi connectivity index (χ1v) is 10.5. The predicted molar refractivity (Wildman–Crippen MR) is 115 cm³/mol. The van der Waals surface area contributed by atoms with E-state index in [0.717, 1.165) is 67.5 Å². The van der Waals surface area contributed by atoms with E-state index in [2.05, 4.69) is 45.2 Å². The summed E-state index contributed by atoms with van der Waals surface area (Å²) in [5.41, 5.74) is 3.55. The highest BCUT2D eigenvalue weighted by Crippen LogP contribution is 2.34. The molecule has 2 aromatic carbocycles. The Balaban J connectivity index is 1.55. The van der Waals surface area contributed by atoms with Crippen LogP contribution in [0.4, 0.5) is 0 Å². The highest BCUT2D eigenvalue weighted by molar-refractivity contribution is 9.10. The van der Waals surface area contributed by atoms with Gasteiger partial charge in [-0.2, -0.15) is 0 Å². The van der Waals surface area contributed by atoms with Gasteiger partial charge in [-0.05, 0) is 35.7 Å². The Morgan fingerprint density at radius 2 is 1.89 bits per heavy atom. The van der Waals surface area contributed by atoms with E-state index in [1.807, 2.05) is 24.3 Å². The Morgan fingerprint density at radius 3 is 2.64 bits per heavy atom. The number of benzene rings is 2. The third kappa shape index (κ3) is 5.95. The molecule has 2 aromatic rings. The van der Waals surface area contributed by atoms with Crippen molar-refractivity contribution in [3.8, 4) is 11.5 Å². The van der Waals surface area contributed by atoms with Gasteiger partial charge in [0.05, 0.1) is 20.3 Å². The summed E-state index contributed by atoms with van der Waals surface area (Å²) in [6.07, 6.45) is 0. The maximum Gasteiger partial charge on any atom is 0.162 e. The standard InChI is InChI=1S/C22H29BrN2O3/c1-17-5-3-4-6-18(17)16-28-22-14-20(23)19(13-21(22)26-2)15-24-7-8-25-9-11-27-12-10-25/h3-6,13-14,24H,7-12,15-16H2,1-2H3. The molecule has 1 saturated heterocycles. The van der Waals surface area contributed by atoms with Crippen LogP contribution in [0, 0.1) is 6.92 Å². The molecular weight excluding hydrogens is 420 g/mol. The number of hydrogen-bond acceptors (Lipinski definition) is 5. The van der Waals surface area contributed by atoms with Crippen LogP contribution in [0.15, 0.2) is 40.9 Å². The molecule has 0 aliphatic carbocycles. The first kappa shape index (κ1) is 21.1. The molecule has 1 fully saturated rings. The number of nitrogens with zero attached hydrogens (tertiary/aromatic N) is 1. The van der Waals surface area contributed by atoms with Crippen LogP contribution in [0.5, 0.6) is 11.5 Å². The van der Waals surface area contributed by atoms with Crippen molar-refractivity contribution >= 4 is 15.9 Å². The Kier molecular flexibility index (Phi) is 8.15. The van der Waals surface area contributed by atoms with Crippen molar-refractivity contribution in [1.82, 2.24) is 10.2 Å². The summed E-state index contributed by atoms with van der Waals surface area (Å²) in [5, 5.41) is 3.52. The van der Waals surface area contributed by atoms with Gasteiger partial charge in [0.2, 0.25) is 0 Å². The molecule has 5 nitrogen and oxygen atoms in total. The van der Waals surface area contributed by atoms with Crippen molar-refractivity contribution < 1.29 is 14.2 Å². The van der Waals surface area contributed by atoms with Crippen LogP contribution in [0.2, 0.25) is 0 Å². The van der Waals surface area contributed by atoms with Crippen molar-refractivity contribution in [1.29, 1.82) is 0 Å². The molecule has 0 saturated carbocycles. The number of rotatable bonds is 9. The second-order valence-electron chi connectivity index (χ2n) is 6.94. The van der Waals surface area contributed by atoms with Crippen molar-refractivity contribution in [2.24, 2.45) is 0 Å². The summed E-state index contributed by atoms with van der Waals surface area (Å²) in [7, 11) is 1.68. The lowest BCUT2D eigenvalue weighted by molar-refractivity contribution is 0.0384. The Morgan fingerprint density at radius 1 is 1.11 bits per heavy atom. The Bertz CT molecular complexity index is 763. The van der Waals surface area contributed by atoms with Crippen LogP contribution in [-0.2, 0) is 17.9 Å². The van der Waals surface area contributed by atoms with Gasteiger partial charge >= 0.3 is 0 Å². The second-order valence-corrected chi connectivity index (χ2v) is 7.79. The molecule has 0 spiro atoms. The van der Waals surface area contributed by atoms with Crippen LogP contribution in [0.1, 0.15) is 16.7 Å². The fraction of sp³-hybridized carbons (Fsp3) is 0.455. The molecule has 1 aliphatic rings. The normalized spacial score (nSPS) is 14.8. The maximum atomic E-state index is 6.04. The molecule has 0 amide bonds. The van der Waals surface area contributed by atoms with E-state index in [4.69, 9.17) is 14.2 Å². The zero-order chi connectivity index (χ0) is 19.8. The number of morpholine rings is 1. The topological polar surface area (TPSA) is 43.0 Å². The summed E-state index contributed by atoms with van der Waals surface area (Å²) in [5.74, 6) is 1.50. The van der Waals surface area contributed by atoms with Crippen molar-refractivity contribution in [3.63, 3.8) is 0 Å². The minimum Gasteiger partial charge on any atom is -0.493 e. The SMILES string of the molecule is COc1cc(CNCCN2CCOCC2)c(Br)cc1OCc1ccccc1C. The lowest BCUT2D eigenvalue weighted by atomic mass is 10.1. The monoisotopic (exact) mass is 448 g/mol. The van der Waals surface area contributed by atoms with E-state index >= 15 is 0 Å². The molecule has 0 atom stereocenters. The van der Waals surface area contributed by atoms with E-state index < -0.39 is 0 Å². The minimum absolute atomic E-state index is 0.520. The van der Waals surface area contributed by atoms with Gasteiger partial charge in [0.15, 0.2) is 11.5 Å². The summed E-state index contributed by atoms with van der Waals surface area (Å²) < 4.78 is 18.0. The molecule has 3 rings (SSSR count). The molecule has 1 aliphatic heterocycles. The highest BCUT2D eigenvalue weighted by atomic mass is 79.9. The van der Waals surface area contributed by atoms with E-state index in [1.165, 1.54) is 11.1 Å². The third-order valence-electron chi connectivity index (χ3n) is 5.00. The third-order valence-corrected chi connectivity index (χ3v) is 5.74. The van der Waals surface area contributed by atoms with E-state index in [1.54, 1.807) is 7.11 Å². The number of halogens is 1. The summed E-state index contributed by atoms with van der Waals surface area (Å²) in [4.78, 5) is 2.43. The van der Waals surface area contributed by atoms with E-state index in [0.29, 0.717) is 6.61 Å². The highest BCUT2D eigenvalue weighted by Gasteiger charge is 2.12. The van der Waals surface area contributed by atoms with Crippen molar-refractivity contribution in [3.05, 3.63) is 57.6 Å². The van der Waals surface area contributed by atoms with Gasteiger partial charge < -0.3 is 19.5 Å². The fourth-order valence-electron chi connectivity index (χ4n) is 3.20. The molecule has 152 valence electrons. The second kappa shape index (κ2) is 10.8. The largest absolute Gasteiger partial charge is 0.493 e. The van der Waals surface area contributed by atoms with Gasteiger partial charge in [-0.25, -0.2) is 0 Å². The smallest absolute Gasteiger partial charge is 0.162 e. The van der Waals surface area contributed by atoms with Gasteiger partial charge in [0.1, 0.15) is 6.61 Å². The van der Waals surface area contributed by atoms with Gasteiger partial charge in [0.25, 0.3) is 0 Å². The molecule has 0 aromatic heterocycles. The lowest BCUT2D eigenvalue weighted by Gasteiger charge is -2.26. The first-order valence-electron chi connectivity index (χ1n) is 9.72. The van der Waals surface area contributed by atoms with Gasteiger partial charge in [0, 0.05) is 37.2 Å². The van der Waals surface area contributed by atoms with Gasteiger partial charge in [-0.15, -0.1) is 0 Å². The molecule has 28 heavy (non-hydrogen) atoms. The predicted octanol–water partition coefficient (Wildman–Crippen LogP) is 3.77. The zero-order valence-electron chi connectivity index (χ0n) is 16.7. The number of methoxy groups -OCH3 is 1. The quantitative estimate of drug-likeness (QED) is 0.591. The van der Waals surface area contributed by atoms with E-state index in [9.17, 15) is 0 Å². The molecule has 0 unspecified atom stereocenters. The zero-order valence-corrected chi connectivity index (χ0v) is 18.3. The van der Waals surface area contributed by atoms with Crippen LogP contribution in [0.3, 0.4) is 0 Å². The average molecular weight is 449 g/mol. The van der Waals surface area contributed by atoms with Gasteiger partial charge in [-0.3, -0.25) is 4.90 Å². The van der Waals surface area contributed by atoms with Crippen LogP contribution in [-0.4, -0.2) is 51.4 Å². The van der Waals surface area contributed by atoms with Crippen molar-refractivity contribution in [2.45, 2.75) is 20.1 Å². The molecule has 0 bridgehead atoms. The van der Waals surface area contributed by atoms with Crippen LogP contribution < -0.4 is 14.8 Å². The lowest BCUT2D eigenvalue weighted by Crippen LogP contribution is -2.40. The molecule has 1 heterocycles. The van der Waals surface area contributed by atoms with Crippen LogP contribution >= 0.6 is 15.9 Å². The summed E-state index contributed by atoms with van der Waals surface area (Å²) >= 11 is 3.68. The summed E-state index contributed by atoms with van der Waals surface area (Å²) in [6.45, 7) is 9.09. The maximum absolute atomic E-state index is 6.04. The molecule has 0 radical (unpaired) electrons. The van der Waals surface area contributed by atoms with Gasteiger partial charge in [-0.1, -0.05) is 40.2 Å². The molecular formula is C22H29BrN2O3. The minimum atomic E-state index is 0.520. The summed E-state index contributed by atoms with van der Waals surface area (Å²) in [6, 6.07) is 12.3.